The molecule has 5 nitrogen and oxygen atoms in total. The normalized spacial score (nSPS) is 11.1. The number of pyridine rings is 2. The molecule has 0 amide bonds. The zero-order chi connectivity index (χ0) is 13.4. The number of hydrogen-bond acceptors (Lipinski definition) is 4. The highest BCUT2D eigenvalue weighted by Gasteiger charge is 2.12. The van der Waals surface area contributed by atoms with Crippen LogP contribution in [0.15, 0.2) is 30.6 Å². The first-order chi connectivity index (χ1) is 9.20. The van der Waals surface area contributed by atoms with E-state index in [1.807, 2.05) is 29.8 Å². The van der Waals surface area contributed by atoms with Crippen LogP contribution in [0.25, 0.3) is 22.3 Å². The summed E-state index contributed by atoms with van der Waals surface area (Å²) in [4.78, 5) is 13.1. The molecule has 2 N–H and O–H groups in total. The Morgan fingerprint density at radius 2 is 1.95 bits per heavy atom. The molecular weight excluding hydrogens is 238 g/mol. The number of aromatic nitrogens is 4. The average Bonchev–Trinajstić information content (AvgIpc) is 2.73. The number of anilines is 1. The molecule has 19 heavy (non-hydrogen) atoms. The predicted octanol–water partition coefficient (Wildman–Crippen LogP) is 2.17. The van der Waals surface area contributed by atoms with E-state index in [2.05, 4.69) is 16.9 Å². The van der Waals surface area contributed by atoms with Crippen molar-refractivity contribution in [1.82, 2.24) is 19.5 Å². The first-order valence-electron chi connectivity index (χ1n) is 6.23. The number of nitrogens with zero attached hydrogens (tertiary/aromatic N) is 4. The zero-order valence-corrected chi connectivity index (χ0v) is 11.0. The van der Waals surface area contributed by atoms with E-state index in [9.17, 15) is 0 Å². The summed E-state index contributed by atoms with van der Waals surface area (Å²) in [5.41, 5.74) is 10.7. The second kappa shape index (κ2) is 4.35. The molecule has 3 aromatic heterocycles. The van der Waals surface area contributed by atoms with Crippen LogP contribution in [0.4, 0.5) is 5.95 Å². The van der Waals surface area contributed by atoms with Crippen LogP contribution < -0.4 is 5.73 Å². The minimum atomic E-state index is 0.483. The Bertz CT molecular complexity index is 730. The molecule has 0 aromatic carbocycles. The number of nitrogens with two attached hydrogens (primary N) is 1. The van der Waals surface area contributed by atoms with E-state index in [4.69, 9.17) is 10.7 Å². The Morgan fingerprint density at radius 3 is 2.63 bits per heavy atom. The van der Waals surface area contributed by atoms with Crippen LogP contribution in [0.5, 0.6) is 0 Å². The van der Waals surface area contributed by atoms with Gasteiger partial charge < -0.3 is 5.73 Å². The molecule has 0 aliphatic carbocycles. The van der Waals surface area contributed by atoms with Crippen molar-refractivity contribution in [2.45, 2.75) is 13.3 Å². The third kappa shape index (κ3) is 1.83. The van der Waals surface area contributed by atoms with Crippen molar-refractivity contribution in [2.24, 2.45) is 7.05 Å². The standard InChI is InChI=1S/C14H15N5/c1-3-11-10(9-4-6-16-7-5-9)8-12-13(17-11)19(2)14(15)18-12/h4-8H,3H2,1-2H3,(H2,15,18). The molecule has 0 fully saturated rings. The Balaban J connectivity index is 2.30. The van der Waals surface area contributed by atoms with Crippen LogP contribution in [0.1, 0.15) is 12.6 Å². The van der Waals surface area contributed by atoms with Gasteiger partial charge in [-0.15, -0.1) is 0 Å². The summed E-state index contributed by atoms with van der Waals surface area (Å²) in [5.74, 6) is 0.483. The molecule has 0 atom stereocenters. The van der Waals surface area contributed by atoms with Gasteiger partial charge in [-0.3, -0.25) is 9.55 Å². The maximum absolute atomic E-state index is 5.83. The molecule has 0 saturated carbocycles. The maximum Gasteiger partial charge on any atom is 0.202 e. The van der Waals surface area contributed by atoms with Crippen molar-refractivity contribution in [3.63, 3.8) is 0 Å². The largest absolute Gasteiger partial charge is 0.369 e. The SMILES string of the molecule is CCc1nc2c(cc1-c1ccncc1)nc(N)n2C. The second-order valence-corrected chi connectivity index (χ2v) is 4.44. The summed E-state index contributed by atoms with van der Waals surface area (Å²) < 4.78 is 1.81. The lowest BCUT2D eigenvalue weighted by Gasteiger charge is -2.07. The lowest BCUT2D eigenvalue weighted by atomic mass is 10.0. The van der Waals surface area contributed by atoms with Gasteiger partial charge in [-0.05, 0) is 30.2 Å². The van der Waals surface area contributed by atoms with E-state index in [0.717, 1.165) is 34.4 Å². The van der Waals surface area contributed by atoms with Crippen molar-refractivity contribution >= 4 is 17.1 Å². The van der Waals surface area contributed by atoms with E-state index in [0.29, 0.717) is 5.95 Å². The molecule has 0 bridgehead atoms. The van der Waals surface area contributed by atoms with Gasteiger partial charge in [0, 0.05) is 25.0 Å². The number of hydrogen-bond donors (Lipinski definition) is 1. The van der Waals surface area contributed by atoms with Crippen LogP contribution in [0.2, 0.25) is 0 Å². The van der Waals surface area contributed by atoms with Crippen LogP contribution in [-0.4, -0.2) is 19.5 Å². The number of rotatable bonds is 2. The molecular formula is C14H15N5. The smallest absolute Gasteiger partial charge is 0.202 e. The van der Waals surface area contributed by atoms with Crippen molar-refractivity contribution in [2.75, 3.05) is 5.73 Å². The summed E-state index contributed by atoms with van der Waals surface area (Å²) in [7, 11) is 1.88. The van der Waals surface area contributed by atoms with Gasteiger partial charge in [0.1, 0.15) is 5.52 Å². The summed E-state index contributed by atoms with van der Waals surface area (Å²) in [5, 5.41) is 0. The highest BCUT2D eigenvalue weighted by atomic mass is 15.2. The van der Waals surface area contributed by atoms with Gasteiger partial charge in [0.25, 0.3) is 0 Å². The molecule has 96 valence electrons. The fourth-order valence-electron chi connectivity index (χ4n) is 2.22. The summed E-state index contributed by atoms with van der Waals surface area (Å²) in [6.07, 6.45) is 4.43. The highest BCUT2D eigenvalue weighted by molar-refractivity contribution is 5.81. The third-order valence-corrected chi connectivity index (χ3v) is 3.28. The van der Waals surface area contributed by atoms with Gasteiger partial charge in [0.05, 0.1) is 5.69 Å². The van der Waals surface area contributed by atoms with E-state index < -0.39 is 0 Å². The van der Waals surface area contributed by atoms with Gasteiger partial charge >= 0.3 is 0 Å². The van der Waals surface area contributed by atoms with Crippen LogP contribution >= 0.6 is 0 Å². The first kappa shape index (κ1) is 11.6. The van der Waals surface area contributed by atoms with Crippen molar-refractivity contribution in [3.05, 3.63) is 36.3 Å². The topological polar surface area (TPSA) is 69.6 Å². The van der Waals surface area contributed by atoms with E-state index in [1.54, 1.807) is 12.4 Å². The molecule has 3 heterocycles. The summed E-state index contributed by atoms with van der Waals surface area (Å²) in [6.45, 7) is 2.10. The van der Waals surface area contributed by atoms with E-state index in [-0.39, 0.29) is 0 Å². The first-order valence-corrected chi connectivity index (χ1v) is 6.23. The van der Waals surface area contributed by atoms with Gasteiger partial charge in [-0.25, -0.2) is 9.97 Å². The number of aryl methyl sites for hydroxylation is 2. The Morgan fingerprint density at radius 1 is 1.21 bits per heavy atom. The molecule has 0 aliphatic rings. The molecule has 3 aromatic rings. The molecule has 0 saturated heterocycles. The Kier molecular flexibility index (Phi) is 2.67. The van der Waals surface area contributed by atoms with Gasteiger partial charge in [-0.1, -0.05) is 6.92 Å². The van der Waals surface area contributed by atoms with Crippen molar-refractivity contribution < 1.29 is 0 Å². The average molecular weight is 253 g/mol. The van der Waals surface area contributed by atoms with Gasteiger partial charge in [0.2, 0.25) is 5.95 Å². The fourth-order valence-corrected chi connectivity index (χ4v) is 2.22. The predicted molar refractivity (Wildman–Crippen MR) is 75.5 cm³/mol. The monoisotopic (exact) mass is 253 g/mol. The zero-order valence-electron chi connectivity index (χ0n) is 11.0. The lowest BCUT2D eigenvalue weighted by molar-refractivity contribution is 0.933. The number of fused-ring (bicyclic) bond motifs is 1. The Hall–Kier alpha value is -2.43. The number of nitrogen functional groups attached to an aromatic ring is 1. The number of imidazole rings is 1. The van der Waals surface area contributed by atoms with Gasteiger partial charge in [-0.2, -0.15) is 0 Å². The Labute approximate surface area is 111 Å². The molecule has 5 heteroatoms. The minimum Gasteiger partial charge on any atom is -0.369 e. The molecule has 3 rings (SSSR count). The van der Waals surface area contributed by atoms with E-state index in [1.165, 1.54) is 0 Å². The van der Waals surface area contributed by atoms with Crippen LogP contribution in [0, 0.1) is 0 Å². The van der Waals surface area contributed by atoms with Crippen LogP contribution in [0.3, 0.4) is 0 Å². The third-order valence-electron chi connectivity index (χ3n) is 3.28. The second-order valence-electron chi connectivity index (χ2n) is 4.44. The fraction of sp³-hybridized carbons (Fsp3) is 0.214. The van der Waals surface area contributed by atoms with Crippen LogP contribution in [-0.2, 0) is 13.5 Å². The molecule has 0 aliphatic heterocycles. The summed E-state index contributed by atoms with van der Waals surface area (Å²) in [6, 6.07) is 6.01. The van der Waals surface area contributed by atoms with Gasteiger partial charge in [0.15, 0.2) is 5.65 Å². The molecule has 0 unspecified atom stereocenters. The van der Waals surface area contributed by atoms with Crippen molar-refractivity contribution in [1.29, 1.82) is 0 Å². The minimum absolute atomic E-state index is 0.483. The summed E-state index contributed by atoms with van der Waals surface area (Å²) >= 11 is 0. The van der Waals surface area contributed by atoms with Crippen molar-refractivity contribution in [3.8, 4) is 11.1 Å². The lowest BCUT2D eigenvalue weighted by Crippen LogP contribution is -1.99. The quantitative estimate of drug-likeness (QED) is 0.760. The molecule has 0 spiro atoms. The van der Waals surface area contributed by atoms with E-state index >= 15 is 0 Å². The molecule has 0 radical (unpaired) electrons. The maximum atomic E-state index is 5.83. The highest BCUT2D eigenvalue weighted by Crippen LogP contribution is 2.26.